The zero-order valence-electron chi connectivity index (χ0n) is 14.8. The van der Waals surface area contributed by atoms with Gasteiger partial charge in [0.2, 0.25) is 0 Å². The maximum Gasteiger partial charge on any atom is 0.326 e. The van der Waals surface area contributed by atoms with Gasteiger partial charge in [-0.15, -0.1) is 0 Å². The van der Waals surface area contributed by atoms with Crippen LogP contribution >= 0.6 is 0 Å². The maximum atomic E-state index is 12.3. The predicted molar refractivity (Wildman–Crippen MR) is 87.4 cm³/mol. The molecule has 2 unspecified atom stereocenters. The van der Waals surface area contributed by atoms with E-state index in [0.29, 0.717) is 18.1 Å². The fraction of sp³-hybridized carbons (Fsp3) is 0.941. The standard InChI is InChI=1S/C17H34N2O2/c1-7-18-17(6,15(20)21-8-2)12-14(3)19-11-9-10-16(4,5)13-19/h14,18H,7-13H2,1-6H3. The van der Waals surface area contributed by atoms with Crippen LogP contribution in [0.25, 0.3) is 0 Å². The lowest BCUT2D eigenvalue weighted by atomic mass is 9.82. The molecule has 0 spiro atoms. The lowest BCUT2D eigenvalue weighted by molar-refractivity contribution is -0.151. The summed E-state index contributed by atoms with van der Waals surface area (Å²) in [5, 5.41) is 3.33. The molecule has 1 saturated heterocycles. The van der Waals surface area contributed by atoms with Crippen LogP contribution in [0, 0.1) is 5.41 Å². The second-order valence-corrected chi connectivity index (χ2v) is 7.37. The molecule has 21 heavy (non-hydrogen) atoms. The number of esters is 1. The Balaban J connectivity index is 2.71. The van der Waals surface area contributed by atoms with E-state index in [1.165, 1.54) is 12.8 Å². The third-order valence-corrected chi connectivity index (χ3v) is 4.55. The quantitative estimate of drug-likeness (QED) is 0.734. The Hall–Kier alpha value is -0.610. The Bertz CT molecular complexity index is 344. The van der Waals surface area contributed by atoms with Crippen molar-refractivity contribution in [3.8, 4) is 0 Å². The number of carbonyl (C=O) groups excluding carboxylic acids is 1. The lowest BCUT2D eigenvalue weighted by Gasteiger charge is -2.43. The minimum absolute atomic E-state index is 0.130. The van der Waals surface area contributed by atoms with Crippen molar-refractivity contribution in [2.24, 2.45) is 5.41 Å². The monoisotopic (exact) mass is 298 g/mol. The van der Waals surface area contributed by atoms with E-state index >= 15 is 0 Å². The summed E-state index contributed by atoms with van der Waals surface area (Å²) in [5.41, 5.74) is -0.212. The van der Waals surface area contributed by atoms with Crippen LogP contribution < -0.4 is 5.32 Å². The minimum Gasteiger partial charge on any atom is -0.465 e. The molecule has 0 aromatic rings. The number of hydrogen-bond acceptors (Lipinski definition) is 4. The van der Waals surface area contributed by atoms with Crippen LogP contribution in [-0.2, 0) is 9.53 Å². The predicted octanol–water partition coefficient (Wildman–Crippen LogP) is 2.82. The highest BCUT2D eigenvalue weighted by molar-refractivity contribution is 5.80. The van der Waals surface area contributed by atoms with Crippen molar-refractivity contribution in [2.45, 2.75) is 72.4 Å². The van der Waals surface area contributed by atoms with E-state index in [9.17, 15) is 4.79 Å². The summed E-state index contributed by atoms with van der Waals surface area (Å²) < 4.78 is 5.27. The minimum atomic E-state index is -0.592. The second kappa shape index (κ2) is 7.59. The zero-order valence-corrected chi connectivity index (χ0v) is 14.8. The highest BCUT2D eigenvalue weighted by Crippen LogP contribution is 2.31. The normalized spacial score (nSPS) is 23.3. The average molecular weight is 298 g/mol. The van der Waals surface area contributed by atoms with E-state index in [4.69, 9.17) is 4.74 Å². The molecule has 1 rings (SSSR count). The summed E-state index contributed by atoms with van der Waals surface area (Å²) in [5.74, 6) is -0.130. The summed E-state index contributed by atoms with van der Waals surface area (Å²) in [6.45, 7) is 16.2. The number of hydrogen-bond donors (Lipinski definition) is 1. The van der Waals surface area contributed by atoms with Gasteiger partial charge in [-0.05, 0) is 58.5 Å². The van der Waals surface area contributed by atoms with Gasteiger partial charge in [0, 0.05) is 12.6 Å². The van der Waals surface area contributed by atoms with Crippen LogP contribution in [0.15, 0.2) is 0 Å². The summed E-state index contributed by atoms with van der Waals surface area (Å²) in [6.07, 6.45) is 3.32. The van der Waals surface area contributed by atoms with Crippen LogP contribution in [-0.4, -0.2) is 48.7 Å². The maximum absolute atomic E-state index is 12.3. The summed E-state index contributed by atoms with van der Waals surface area (Å²) >= 11 is 0. The first-order valence-electron chi connectivity index (χ1n) is 8.40. The zero-order chi connectivity index (χ0) is 16.1. The Morgan fingerprint density at radius 2 is 2.10 bits per heavy atom. The average Bonchev–Trinajstić information content (AvgIpc) is 2.38. The van der Waals surface area contributed by atoms with Gasteiger partial charge in [-0.2, -0.15) is 0 Å². The highest BCUT2D eigenvalue weighted by atomic mass is 16.5. The number of likely N-dealkylation sites (N-methyl/N-ethyl adjacent to an activating group) is 1. The van der Waals surface area contributed by atoms with Crippen LogP contribution in [0.4, 0.5) is 0 Å². The van der Waals surface area contributed by atoms with Gasteiger partial charge in [0.25, 0.3) is 0 Å². The van der Waals surface area contributed by atoms with Crippen molar-refractivity contribution in [3.05, 3.63) is 0 Å². The Morgan fingerprint density at radius 3 is 2.62 bits per heavy atom. The van der Waals surface area contributed by atoms with Gasteiger partial charge in [-0.1, -0.05) is 20.8 Å². The molecule has 4 nitrogen and oxygen atoms in total. The molecule has 1 fully saturated rings. The molecular formula is C17H34N2O2. The molecule has 1 N–H and O–H groups in total. The molecule has 0 bridgehead atoms. The summed E-state index contributed by atoms with van der Waals surface area (Å²) in [7, 11) is 0. The fourth-order valence-electron chi connectivity index (χ4n) is 3.47. The number of rotatable bonds is 7. The Labute approximate surface area is 130 Å². The van der Waals surface area contributed by atoms with Gasteiger partial charge in [0.1, 0.15) is 5.54 Å². The molecule has 1 aliphatic heterocycles. The first kappa shape index (κ1) is 18.4. The van der Waals surface area contributed by atoms with Crippen LogP contribution in [0.1, 0.15) is 60.8 Å². The van der Waals surface area contributed by atoms with Gasteiger partial charge in [0.05, 0.1) is 6.61 Å². The number of likely N-dealkylation sites (tertiary alicyclic amines) is 1. The van der Waals surface area contributed by atoms with Crippen LogP contribution in [0.3, 0.4) is 0 Å². The van der Waals surface area contributed by atoms with Crippen molar-refractivity contribution in [1.29, 1.82) is 0 Å². The Kier molecular flexibility index (Phi) is 6.67. The molecule has 0 aromatic heterocycles. The van der Waals surface area contributed by atoms with Crippen LogP contribution in [0.2, 0.25) is 0 Å². The first-order chi connectivity index (χ1) is 9.74. The molecule has 124 valence electrons. The number of ether oxygens (including phenoxy) is 1. The van der Waals surface area contributed by atoms with Crippen LogP contribution in [0.5, 0.6) is 0 Å². The highest BCUT2D eigenvalue weighted by Gasteiger charge is 2.38. The smallest absolute Gasteiger partial charge is 0.326 e. The second-order valence-electron chi connectivity index (χ2n) is 7.37. The topological polar surface area (TPSA) is 41.6 Å². The molecule has 0 saturated carbocycles. The molecular weight excluding hydrogens is 264 g/mol. The van der Waals surface area contributed by atoms with Crippen molar-refractivity contribution in [3.63, 3.8) is 0 Å². The number of piperidine rings is 1. The third kappa shape index (κ3) is 5.26. The Morgan fingerprint density at radius 1 is 1.43 bits per heavy atom. The van der Waals surface area contributed by atoms with E-state index in [1.807, 2.05) is 20.8 Å². The molecule has 1 heterocycles. The van der Waals surface area contributed by atoms with Crippen molar-refractivity contribution < 1.29 is 9.53 Å². The molecule has 1 aliphatic rings. The van der Waals surface area contributed by atoms with E-state index in [2.05, 4.69) is 31.0 Å². The SMILES string of the molecule is CCNC(C)(CC(C)N1CCCC(C)(C)C1)C(=O)OCC. The number of carbonyl (C=O) groups is 1. The molecule has 0 aromatic carbocycles. The van der Waals surface area contributed by atoms with Gasteiger partial charge >= 0.3 is 5.97 Å². The van der Waals surface area contributed by atoms with Gasteiger partial charge in [-0.25, -0.2) is 0 Å². The van der Waals surface area contributed by atoms with E-state index in [0.717, 1.165) is 26.1 Å². The molecule has 4 heteroatoms. The van der Waals surface area contributed by atoms with Gasteiger partial charge in [0.15, 0.2) is 0 Å². The van der Waals surface area contributed by atoms with E-state index in [1.54, 1.807) is 0 Å². The van der Waals surface area contributed by atoms with Crippen molar-refractivity contribution in [1.82, 2.24) is 10.2 Å². The molecule has 0 radical (unpaired) electrons. The number of nitrogens with zero attached hydrogens (tertiary/aromatic N) is 1. The van der Waals surface area contributed by atoms with Gasteiger partial charge in [-0.3, -0.25) is 4.79 Å². The van der Waals surface area contributed by atoms with E-state index in [-0.39, 0.29) is 5.97 Å². The summed E-state index contributed by atoms with van der Waals surface area (Å²) in [6, 6.07) is 0.373. The number of nitrogens with one attached hydrogen (secondary N) is 1. The summed E-state index contributed by atoms with van der Waals surface area (Å²) in [4.78, 5) is 14.8. The largest absolute Gasteiger partial charge is 0.465 e. The fourth-order valence-corrected chi connectivity index (χ4v) is 3.47. The molecule has 0 aliphatic carbocycles. The lowest BCUT2D eigenvalue weighted by Crippen LogP contribution is -2.55. The molecule has 2 atom stereocenters. The van der Waals surface area contributed by atoms with E-state index < -0.39 is 5.54 Å². The van der Waals surface area contributed by atoms with Crippen molar-refractivity contribution >= 4 is 5.97 Å². The third-order valence-electron chi connectivity index (χ3n) is 4.55. The molecule has 0 amide bonds. The van der Waals surface area contributed by atoms with Crippen molar-refractivity contribution in [2.75, 3.05) is 26.2 Å². The van der Waals surface area contributed by atoms with Gasteiger partial charge < -0.3 is 15.0 Å². The first-order valence-corrected chi connectivity index (χ1v) is 8.40.